The second-order valence-electron chi connectivity index (χ2n) is 4.86. The zero-order valence-electron chi connectivity index (χ0n) is 10.2. The molecule has 17 heavy (non-hydrogen) atoms. The van der Waals surface area contributed by atoms with Crippen LogP contribution < -0.4 is 5.32 Å². The van der Waals surface area contributed by atoms with Crippen LogP contribution in [0.15, 0.2) is 18.2 Å². The highest BCUT2D eigenvalue weighted by Gasteiger charge is 2.32. The number of carbonyl (C=O) groups is 2. The molecule has 1 aliphatic rings. The number of anilines is 1. The normalized spacial score (nSPS) is 17.0. The number of carbonyl (C=O) groups excluding carboxylic acids is 2. The lowest BCUT2D eigenvalue weighted by atomic mass is 9.77. The van der Waals surface area contributed by atoms with E-state index in [1.165, 1.54) is 7.11 Å². The van der Waals surface area contributed by atoms with Gasteiger partial charge in [-0.2, -0.15) is 0 Å². The molecule has 90 valence electrons. The van der Waals surface area contributed by atoms with Gasteiger partial charge >= 0.3 is 5.97 Å². The van der Waals surface area contributed by atoms with Gasteiger partial charge < -0.3 is 10.1 Å². The number of hydrogen-bond acceptors (Lipinski definition) is 3. The predicted octanol–water partition coefficient (Wildman–Crippen LogP) is 2.09. The van der Waals surface area contributed by atoms with Gasteiger partial charge in [-0.15, -0.1) is 0 Å². The molecule has 0 saturated heterocycles. The minimum atomic E-state index is -0.361. The first-order chi connectivity index (χ1) is 7.94. The Kier molecular flexibility index (Phi) is 2.65. The van der Waals surface area contributed by atoms with E-state index >= 15 is 0 Å². The fraction of sp³-hybridized carbons (Fsp3) is 0.385. The molecule has 1 aromatic rings. The molecule has 0 aromatic heterocycles. The summed E-state index contributed by atoms with van der Waals surface area (Å²) < 4.78 is 4.69. The van der Waals surface area contributed by atoms with Crippen LogP contribution in [-0.4, -0.2) is 19.0 Å². The van der Waals surface area contributed by atoms with E-state index in [1.807, 2.05) is 13.8 Å². The highest BCUT2D eigenvalue weighted by atomic mass is 16.5. The second kappa shape index (κ2) is 3.87. The van der Waals surface area contributed by atoms with Crippen LogP contribution in [0.2, 0.25) is 0 Å². The molecule has 1 amide bonds. The van der Waals surface area contributed by atoms with E-state index in [2.05, 4.69) is 5.32 Å². The lowest BCUT2D eigenvalue weighted by Crippen LogP contribution is -2.32. The number of amides is 1. The Morgan fingerprint density at radius 3 is 2.76 bits per heavy atom. The van der Waals surface area contributed by atoms with E-state index < -0.39 is 0 Å². The van der Waals surface area contributed by atoms with Crippen LogP contribution in [0.5, 0.6) is 0 Å². The average Bonchev–Trinajstić information content (AvgIpc) is 2.26. The standard InChI is InChI=1S/C13H15NO3/c1-13(2)7-11(15)14-10-5-4-8(6-9(10)13)12(16)17-3/h4-6H,7H2,1-3H3,(H,14,15). The lowest BCUT2D eigenvalue weighted by Gasteiger charge is -2.32. The third kappa shape index (κ3) is 2.02. The van der Waals surface area contributed by atoms with Gasteiger partial charge in [-0.3, -0.25) is 4.79 Å². The number of fused-ring (bicyclic) bond motifs is 1. The third-order valence-corrected chi connectivity index (χ3v) is 3.05. The maximum atomic E-state index is 11.5. The molecule has 1 aliphatic heterocycles. The molecule has 0 unspecified atom stereocenters. The zero-order valence-corrected chi connectivity index (χ0v) is 10.2. The van der Waals surface area contributed by atoms with Crippen molar-refractivity contribution < 1.29 is 14.3 Å². The van der Waals surface area contributed by atoms with E-state index in [0.29, 0.717) is 12.0 Å². The van der Waals surface area contributed by atoms with Gasteiger partial charge in [-0.05, 0) is 23.8 Å². The van der Waals surface area contributed by atoms with Gasteiger partial charge in [0.25, 0.3) is 0 Å². The van der Waals surface area contributed by atoms with Gasteiger partial charge in [0, 0.05) is 17.5 Å². The quantitative estimate of drug-likeness (QED) is 0.756. The molecule has 0 bridgehead atoms. The van der Waals surface area contributed by atoms with E-state index in [1.54, 1.807) is 18.2 Å². The Balaban J connectivity index is 2.51. The smallest absolute Gasteiger partial charge is 0.337 e. The van der Waals surface area contributed by atoms with Crippen LogP contribution in [-0.2, 0) is 14.9 Å². The molecule has 4 nitrogen and oxygen atoms in total. The van der Waals surface area contributed by atoms with Gasteiger partial charge in [0.2, 0.25) is 5.91 Å². The summed E-state index contributed by atoms with van der Waals surface area (Å²) in [5, 5.41) is 2.81. The summed E-state index contributed by atoms with van der Waals surface area (Å²) in [6.45, 7) is 3.98. The second-order valence-corrected chi connectivity index (χ2v) is 4.86. The molecular weight excluding hydrogens is 218 g/mol. The van der Waals surface area contributed by atoms with Crippen molar-refractivity contribution in [1.29, 1.82) is 0 Å². The van der Waals surface area contributed by atoms with Crippen molar-refractivity contribution in [2.45, 2.75) is 25.7 Å². The van der Waals surface area contributed by atoms with Gasteiger partial charge in [-0.1, -0.05) is 13.8 Å². The van der Waals surface area contributed by atoms with Crippen LogP contribution in [0.3, 0.4) is 0 Å². The minimum Gasteiger partial charge on any atom is -0.465 e. The largest absolute Gasteiger partial charge is 0.465 e. The molecule has 0 spiro atoms. The molecule has 0 saturated carbocycles. The fourth-order valence-corrected chi connectivity index (χ4v) is 2.15. The first kappa shape index (κ1) is 11.6. The highest BCUT2D eigenvalue weighted by Crippen LogP contribution is 2.37. The van der Waals surface area contributed by atoms with Gasteiger partial charge in [-0.25, -0.2) is 4.79 Å². The maximum Gasteiger partial charge on any atom is 0.337 e. The highest BCUT2D eigenvalue weighted by molar-refractivity contribution is 5.97. The molecule has 0 atom stereocenters. The van der Waals surface area contributed by atoms with Crippen molar-refractivity contribution in [2.75, 3.05) is 12.4 Å². The number of benzene rings is 1. The third-order valence-electron chi connectivity index (χ3n) is 3.05. The molecular formula is C13H15NO3. The van der Waals surface area contributed by atoms with Crippen molar-refractivity contribution in [3.63, 3.8) is 0 Å². The first-order valence-corrected chi connectivity index (χ1v) is 5.47. The van der Waals surface area contributed by atoms with Crippen molar-refractivity contribution in [3.8, 4) is 0 Å². The molecule has 1 heterocycles. The molecule has 0 fully saturated rings. The molecule has 0 radical (unpaired) electrons. The number of methoxy groups -OCH3 is 1. The number of nitrogens with one attached hydrogen (secondary N) is 1. The van der Waals surface area contributed by atoms with Gasteiger partial charge in [0.05, 0.1) is 12.7 Å². The van der Waals surface area contributed by atoms with Crippen molar-refractivity contribution >= 4 is 17.6 Å². The topological polar surface area (TPSA) is 55.4 Å². The van der Waals surface area contributed by atoms with E-state index in [4.69, 9.17) is 4.74 Å². The summed E-state index contributed by atoms with van der Waals surface area (Å²) in [5.41, 5.74) is 2.00. The van der Waals surface area contributed by atoms with E-state index in [0.717, 1.165) is 11.3 Å². The number of rotatable bonds is 1. The van der Waals surface area contributed by atoms with Crippen molar-refractivity contribution in [1.82, 2.24) is 0 Å². The summed E-state index contributed by atoms with van der Waals surface area (Å²) in [4.78, 5) is 23.0. The summed E-state index contributed by atoms with van der Waals surface area (Å²) in [6.07, 6.45) is 0.421. The lowest BCUT2D eigenvalue weighted by molar-refractivity contribution is -0.117. The minimum absolute atomic E-state index is 0.00770. The predicted molar refractivity (Wildman–Crippen MR) is 64.1 cm³/mol. The Morgan fingerprint density at radius 1 is 1.41 bits per heavy atom. The molecule has 0 aliphatic carbocycles. The number of hydrogen-bond donors (Lipinski definition) is 1. The zero-order chi connectivity index (χ0) is 12.6. The fourth-order valence-electron chi connectivity index (χ4n) is 2.15. The van der Waals surface area contributed by atoms with Gasteiger partial charge in [0.1, 0.15) is 0 Å². The number of esters is 1. The van der Waals surface area contributed by atoms with Gasteiger partial charge in [0.15, 0.2) is 0 Å². The van der Waals surface area contributed by atoms with Crippen LogP contribution in [0.25, 0.3) is 0 Å². The summed E-state index contributed by atoms with van der Waals surface area (Å²) in [5.74, 6) is -0.353. The van der Waals surface area contributed by atoms with Crippen molar-refractivity contribution in [2.24, 2.45) is 0 Å². The Hall–Kier alpha value is -1.84. The van der Waals surface area contributed by atoms with E-state index in [-0.39, 0.29) is 17.3 Å². The van der Waals surface area contributed by atoms with E-state index in [9.17, 15) is 9.59 Å². The molecule has 2 rings (SSSR count). The van der Waals surface area contributed by atoms with Crippen LogP contribution in [0.4, 0.5) is 5.69 Å². The monoisotopic (exact) mass is 233 g/mol. The average molecular weight is 233 g/mol. The Morgan fingerprint density at radius 2 is 2.12 bits per heavy atom. The molecule has 4 heteroatoms. The summed E-state index contributed by atoms with van der Waals surface area (Å²) >= 11 is 0. The first-order valence-electron chi connectivity index (χ1n) is 5.47. The van der Waals surface area contributed by atoms with Crippen LogP contribution in [0.1, 0.15) is 36.2 Å². The van der Waals surface area contributed by atoms with Crippen LogP contribution in [0, 0.1) is 0 Å². The number of ether oxygens (including phenoxy) is 1. The maximum absolute atomic E-state index is 11.5. The van der Waals surface area contributed by atoms with Crippen molar-refractivity contribution in [3.05, 3.63) is 29.3 Å². The SMILES string of the molecule is COC(=O)c1ccc2c(c1)C(C)(C)CC(=O)N2. The Labute approximate surface area is 100.0 Å². The molecule has 1 aromatic carbocycles. The summed E-state index contributed by atoms with van der Waals surface area (Å²) in [6, 6.07) is 5.20. The molecule has 1 N–H and O–H groups in total. The summed E-state index contributed by atoms with van der Waals surface area (Å²) in [7, 11) is 1.36. The van der Waals surface area contributed by atoms with Crippen LogP contribution >= 0.6 is 0 Å². The Bertz CT molecular complexity index is 491.